The van der Waals surface area contributed by atoms with Crippen molar-refractivity contribution in [1.29, 1.82) is 0 Å². The number of carbonyl (C=O) groups is 1. The van der Waals surface area contributed by atoms with Crippen molar-refractivity contribution in [3.8, 4) is 11.5 Å². The van der Waals surface area contributed by atoms with E-state index in [0.717, 1.165) is 29.9 Å². The van der Waals surface area contributed by atoms with E-state index < -0.39 is 5.97 Å². The van der Waals surface area contributed by atoms with E-state index in [1.807, 2.05) is 18.2 Å². The van der Waals surface area contributed by atoms with Crippen molar-refractivity contribution in [1.82, 2.24) is 9.97 Å². The Morgan fingerprint density at radius 1 is 1.22 bits per heavy atom. The Morgan fingerprint density at radius 2 is 2.04 bits per heavy atom. The van der Waals surface area contributed by atoms with Gasteiger partial charge in [0.05, 0.1) is 26.6 Å². The molecule has 0 bridgehead atoms. The van der Waals surface area contributed by atoms with Gasteiger partial charge in [-0.15, -0.1) is 0 Å². The fourth-order valence-electron chi connectivity index (χ4n) is 2.10. The van der Waals surface area contributed by atoms with Crippen molar-refractivity contribution >= 4 is 11.8 Å². The molecule has 7 nitrogen and oxygen atoms in total. The third-order valence-corrected chi connectivity index (χ3v) is 3.29. The maximum Gasteiger partial charge on any atom is 0.356 e. The fraction of sp³-hybridized carbons (Fsp3) is 0.312. The second-order valence-corrected chi connectivity index (χ2v) is 4.80. The van der Waals surface area contributed by atoms with E-state index in [1.54, 1.807) is 14.2 Å². The highest BCUT2D eigenvalue weighted by atomic mass is 16.5. The molecule has 0 spiro atoms. The van der Waals surface area contributed by atoms with Crippen LogP contribution in [0, 0.1) is 0 Å². The number of aromatic carboxylic acids is 1. The molecule has 0 amide bonds. The highest BCUT2D eigenvalue weighted by molar-refractivity contribution is 5.84. The predicted molar refractivity (Wildman–Crippen MR) is 85.3 cm³/mol. The van der Waals surface area contributed by atoms with Crippen LogP contribution >= 0.6 is 0 Å². The number of aromatic nitrogens is 2. The smallest absolute Gasteiger partial charge is 0.356 e. The molecule has 23 heavy (non-hydrogen) atoms. The first-order valence-electron chi connectivity index (χ1n) is 7.14. The molecule has 0 atom stereocenters. The summed E-state index contributed by atoms with van der Waals surface area (Å²) in [4.78, 5) is 18.5. The number of carboxylic acids is 1. The van der Waals surface area contributed by atoms with E-state index in [4.69, 9.17) is 14.6 Å². The summed E-state index contributed by atoms with van der Waals surface area (Å²) in [5.41, 5.74) is 0.998. The second kappa shape index (κ2) is 7.98. The van der Waals surface area contributed by atoms with Crippen LogP contribution in [0.1, 0.15) is 22.5 Å². The van der Waals surface area contributed by atoms with Crippen molar-refractivity contribution in [3.63, 3.8) is 0 Å². The van der Waals surface area contributed by atoms with Gasteiger partial charge in [-0.1, -0.05) is 0 Å². The van der Waals surface area contributed by atoms with E-state index >= 15 is 0 Å². The summed E-state index contributed by atoms with van der Waals surface area (Å²) in [5, 5.41) is 11.9. The van der Waals surface area contributed by atoms with Gasteiger partial charge in [0.25, 0.3) is 0 Å². The predicted octanol–water partition coefficient (Wildman–Crippen LogP) is 2.24. The Morgan fingerprint density at radius 3 is 2.65 bits per heavy atom. The number of ether oxygens (including phenoxy) is 2. The number of nitrogens with zero attached hydrogens (tertiary/aromatic N) is 2. The van der Waals surface area contributed by atoms with Gasteiger partial charge in [0.2, 0.25) is 0 Å². The molecular weight excluding hydrogens is 298 g/mol. The lowest BCUT2D eigenvalue weighted by Crippen LogP contribution is -2.07. The average molecular weight is 317 g/mol. The van der Waals surface area contributed by atoms with Crippen LogP contribution in [-0.2, 0) is 6.42 Å². The number of methoxy groups -OCH3 is 2. The molecule has 1 aromatic carbocycles. The summed E-state index contributed by atoms with van der Waals surface area (Å²) < 4.78 is 10.6. The van der Waals surface area contributed by atoms with Crippen molar-refractivity contribution in [3.05, 3.63) is 41.9 Å². The van der Waals surface area contributed by atoms with Gasteiger partial charge in [-0.2, -0.15) is 0 Å². The molecule has 122 valence electrons. The Labute approximate surface area is 134 Å². The minimum absolute atomic E-state index is 0.0725. The normalized spacial score (nSPS) is 10.2. The molecule has 2 aromatic rings. The minimum atomic E-state index is -1.09. The van der Waals surface area contributed by atoms with Crippen LogP contribution in [-0.4, -0.2) is 41.8 Å². The lowest BCUT2D eigenvalue weighted by atomic mass is 10.1. The van der Waals surface area contributed by atoms with Gasteiger partial charge in [-0.3, -0.25) is 0 Å². The summed E-state index contributed by atoms with van der Waals surface area (Å²) in [7, 11) is 3.27. The molecule has 0 aliphatic carbocycles. The van der Waals surface area contributed by atoms with Crippen LogP contribution in [0.15, 0.2) is 30.6 Å². The number of nitrogens with one attached hydrogen (secondary N) is 1. The number of anilines is 1. The van der Waals surface area contributed by atoms with Gasteiger partial charge in [0.1, 0.15) is 17.3 Å². The van der Waals surface area contributed by atoms with Crippen LogP contribution in [0.25, 0.3) is 0 Å². The molecule has 2 rings (SSSR count). The van der Waals surface area contributed by atoms with E-state index in [1.165, 1.54) is 12.4 Å². The second-order valence-electron chi connectivity index (χ2n) is 4.80. The summed E-state index contributed by atoms with van der Waals surface area (Å²) in [6, 6.07) is 5.71. The molecule has 7 heteroatoms. The fourth-order valence-corrected chi connectivity index (χ4v) is 2.10. The monoisotopic (exact) mass is 317 g/mol. The maximum atomic E-state index is 10.7. The van der Waals surface area contributed by atoms with Gasteiger partial charge in [0, 0.05) is 6.54 Å². The summed E-state index contributed by atoms with van der Waals surface area (Å²) >= 11 is 0. The Hall–Kier alpha value is -2.83. The average Bonchev–Trinajstić information content (AvgIpc) is 2.58. The molecular formula is C16H19N3O4. The molecule has 0 fully saturated rings. The zero-order valence-corrected chi connectivity index (χ0v) is 13.1. The topological polar surface area (TPSA) is 93.6 Å². The molecule has 2 N–H and O–H groups in total. The number of aryl methyl sites for hydroxylation is 1. The third-order valence-electron chi connectivity index (χ3n) is 3.29. The first-order chi connectivity index (χ1) is 11.1. The van der Waals surface area contributed by atoms with Gasteiger partial charge in [-0.05, 0) is 36.6 Å². The largest absolute Gasteiger partial charge is 0.497 e. The van der Waals surface area contributed by atoms with E-state index in [0.29, 0.717) is 12.4 Å². The Bertz CT molecular complexity index is 659. The number of rotatable bonds is 8. The Balaban J connectivity index is 1.86. The molecule has 1 heterocycles. The number of benzene rings is 1. The van der Waals surface area contributed by atoms with Crippen LogP contribution < -0.4 is 14.8 Å². The third kappa shape index (κ3) is 4.57. The molecule has 1 aromatic heterocycles. The molecule has 0 radical (unpaired) electrons. The van der Waals surface area contributed by atoms with Crippen molar-refractivity contribution in [2.24, 2.45) is 0 Å². The highest BCUT2D eigenvalue weighted by Gasteiger charge is 2.06. The molecule has 0 saturated carbocycles. The zero-order chi connectivity index (χ0) is 16.7. The number of carboxylic acid groups (broad SMARTS) is 1. The van der Waals surface area contributed by atoms with E-state index in [9.17, 15) is 4.79 Å². The first kappa shape index (κ1) is 16.5. The summed E-state index contributed by atoms with van der Waals surface area (Å²) in [6.07, 6.45) is 4.31. The van der Waals surface area contributed by atoms with Crippen LogP contribution in [0.4, 0.5) is 5.82 Å². The van der Waals surface area contributed by atoms with Crippen molar-refractivity contribution in [2.75, 3.05) is 26.1 Å². The summed E-state index contributed by atoms with van der Waals surface area (Å²) in [6.45, 7) is 0.682. The Kier molecular flexibility index (Phi) is 5.74. The SMILES string of the molecule is COc1ccc(OC)c(CCCNc2cnc(C(=O)O)cn2)c1. The van der Waals surface area contributed by atoms with Gasteiger partial charge in [-0.25, -0.2) is 14.8 Å². The molecule has 0 aliphatic rings. The van der Waals surface area contributed by atoms with E-state index in [-0.39, 0.29) is 5.69 Å². The molecule has 0 aliphatic heterocycles. The van der Waals surface area contributed by atoms with Crippen molar-refractivity contribution in [2.45, 2.75) is 12.8 Å². The lowest BCUT2D eigenvalue weighted by molar-refractivity contribution is 0.0690. The lowest BCUT2D eigenvalue weighted by Gasteiger charge is -2.11. The highest BCUT2D eigenvalue weighted by Crippen LogP contribution is 2.25. The van der Waals surface area contributed by atoms with Crippen LogP contribution in [0.5, 0.6) is 11.5 Å². The number of hydrogen-bond donors (Lipinski definition) is 2. The summed E-state index contributed by atoms with van der Waals surface area (Å²) in [5.74, 6) is 1.09. The quantitative estimate of drug-likeness (QED) is 0.721. The first-order valence-corrected chi connectivity index (χ1v) is 7.14. The molecule has 0 unspecified atom stereocenters. The van der Waals surface area contributed by atoms with E-state index in [2.05, 4.69) is 15.3 Å². The van der Waals surface area contributed by atoms with Crippen molar-refractivity contribution < 1.29 is 19.4 Å². The van der Waals surface area contributed by atoms with Gasteiger partial charge >= 0.3 is 5.97 Å². The maximum absolute atomic E-state index is 10.7. The van der Waals surface area contributed by atoms with Crippen LogP contribution in [0.3, 0.4) is 0 Å². The minimum Gasteiger partial charge on any atom is -0.497 e. The van der Waals surface area contributed by atoms with Crippen LogP contribution in [0.2, 0.25) is 0 Å². The standard InChI is InChI=1S/C16H19N3O4/c1-22-12-5-6-14(23-2)11(8-12)4-3-7-17-15-10-18-13(9-19-15)16(20)21/h5-6,8-10H,3-4,7H2,1-2H3,(H,17,19)(H,20,21). The molecule has 0 saturated heterocycles. The number of hydrogen-bond acceptors (Lipinski definition) is 6. The zero-order valence-electron chi connectivity index (χ0n) is 13.1. The van der Waals surface area contributed by atoms with Gasteiger partial charge < -0.3 is 19.9 Å². The van der Waals surface area contributed by atoms with Gasteiger partial charge in [0.15, 0.2) is 5.69 Å².